The first-order valence-corrected chi connectivity index (χ1v) is 8.74. The number of thiophene rings is 1. The van der Waals surface area contributed by atoms with E-state index in [0.29, 0.717) is 0 Å². The van der Waals surface area contributed by atoms with Gasteiger partial charge in [0.1, 0.15) is 0 Å². The molecule has 1 aromatic heterocycles. The Kier molecular flexibility index (Phi) is 4.79. The van der Waals surface area contributed by atoms with E-state index in [1.165, 1.54) is 10.4 Å². The first kappa shape index (κ1) is 14.5. The summed E-state index contributed by atoms with van der Waals surface area (Å²) in [5.74, 6) is 0. The standard InChI is InChI=1S/C15H16BrClN2S/c16-13-4-3-11(17)10-12(13)15(14-2-1-9-20-14)19-7-5-18-6-8-19/h1-4,9-10,15,18H,5-8H2/t15-/m0/s1. The summed E-state index contributed by atoms with van der Waals surface area (Å²) in [6, 6.07) is 10.7. The molecular formula is C15H16BrClN2S. The van der Waals surface area contributed by atoms with Gasteiger partial charge >= 0.3 is 0 Å². The number of benzene rings is 1. The minimum absolute atomic E-state index is 0.283. The molecule has 1 aliphatic rings. The molecule has 3 rings (SSSR count). The SMILES string of the molecule is Clc1ccc(Br)c([C@@H](c2cccs2)N2CCNCC2)c1. The number of piperazine rings is 1. The van der Waals surface area contributed by atoms with Crippen LogP contribution in [0.15, 0.2) is 40.2 Å². The molecule has 0 radical (unpaired) electrons. The second-order valence-corrected chi connectivity index (χ2v) is 7.14. The van der Waals surface area contributed by atoms with Gasteiger partial charge in [-0.25, -0.2) is 0 Å². The van der Waals surface area contributed by atoms with Gasteiger partial charge in [-0.3, -0.25) is 4.90 Å². The summed E-state index contributed by atoms with van der Waals surface area (Å²) in [5, 5.41) is 6.35. The van der Waals surface area contributed by atoms with Crippen LogP contribution in [0.1, 0.15) is 16.5 Å². The van der Waals surface area contributed by atoms with Gasteiger partial charge < -0.3 is 5.32 Å². The van der Waals surface area contributed by atoms with Crippen molar-refractivity contribution in [1.82, 2.24) is 10.2 Å². The largest absolute Gasteiger partial charge is 0.314 e. The fourth-order valence-corrected chi connectivity index (χ4v) is 4.16. The van der Waals surface area contributed by atoms with Crippen LogP contribution in [0.4, 0.5) is 0 Å². The molecule has 0 bridgehead atoms. The highest BCUT2D eigenvalue weighted by atomic mass is 79.9. The smallest absolute Gasteiger partial charge is 0.0708 e. The lowest BCUT2D eigenvalue weighted by molar-refractivity contribution is 0.200. The molecular weight excluding hydrogens is 356 g/mol. The zero-order valence-electron chi connectivity index (χ0n) is 11.0. The van der Waals surface area contributed by atoms with Gasteiger partial charge in [0.15, 0.2) is 0 Å². The Morgan fingerprint density at radius 3 is 2.75 bits per heavy atom. The first-order chi connectivity index (χ1) is 9.75. The molecule has 106 valence electrons. The maximum Gasteiger partial charge on any atom is 0.0708 e. The van der Waals surface area contributed by atoms with Crippen LogP contribution < -0.4 is 5.32 Å². The molecule has 0 aliphatic carbocycles. The van der Waals surface area contributed by atoms with Crippen molar-refractivity contribution in [2.75, 3.05) is 26.2 Å². The Morgan fingerprint density at radius 1 is 1.25 bits per heavy atom. The monoisotopic (exact) mass is 370 g/mol. The molecule has 2 aromatic rings. The molecule has 1 aliphatic heterocycles. The Bertz CT molecular complexity index is 567. The highest BCUT2D eigenvalue weighted by Gasteiger charge is 2.26. The van der Waals surface area contributed by atoms with Crippen LogP contribution >= 0.6 is 38.9 Å². The highest BCUT2D eigenvalue weighted by Crippen LogP contribution is 2.37. The van der Waals surface area contributed by atoms with Crippen LogP contribution in [-0.4, -0.2) is 31.1 Å². The van der Waals surface area contributed by atoms with E-state index in [-0.39, 0.29) is 6.04 Å². The van der Waals surface area contributed by atoms with Gasteiger partial charge in [-0.1, -0.05) is 33.6 Å². The van der Waals surface area contributed by atoms with E-state index >= 15 is 0 Å². The third-order valence-corrected chi connectivity index (χ3v) is 5.46. The van der Waals surface area contributed by atoms with Gasteiger partial charge in [0, 0.05) is 40.6 Å². The van der Waals surface area contributed by atoms with E-state index in [9.17, 15) is 0 Å². The lowest BCUT2D eigenvalue weighted by Crippen LogP contribution is -2.45. The molecule has 5 heteroatoms. The van der Waals surface area contributed by atoms with Crippen molar-refractivity contribution in [2.45, 2.75) is 6.04 Å². The highest BCUT2D eigenvalue weighted by molar-refractivity contribution is 9.10. The maximum absolute atomic E-state index is 6.21. The third-order valence-electron chi connectivity index (χ3n) is 3.58. The predicted octanol–water partition coefficient (Wildman–Crippen LogP) is 4.16. The van der Waals surface area contributed by atoms with Crippen molar-refractivity contribution in [3.05, 3.63) is 55.6 Å². The second kappa shape index (κ2) is 6.58. The van der Waals surface area contributed by atoms with Gasteiger partial charge in [-0.15, -0.1) is 11.3 Å². The van der Waals surface area contributed by atoms with Crippen molar-refractivity contribution in [3.63, 3.8) is 0 Å². The van der Waals surface area contributed by atoms with E-state index in [1.54, 1.807) is 0 Å². The summed E-state index contributed by atoms with van der Waals surface area (Å²) >= 11 is 11.7. The first-order valence-electron chi connectivity index (χ1n) is 6.69. The molecule has 0 unspecified atom stereocenters. The Morgan fingerprint density at radius 2 is 2.05 bits per heavy atom. The number of hydrogen-bond acceptors (Lipinski definition) is 3. The lowest BCUT2D eigenvalue weighted by atomic mass is 10.0. The minimum Gasteiger partial charge on any atom is -0.314 e. The van der Waals surface area contributed by atoms with Crippen LogP contribution in [0.5, 0.6) is 0 Å². The fraction of sp³-hybridized carbons (Fsp3) is 0.333. The van der Waals surface area contributed by atoms with Crippen LogP contribution in [0.2, 0.25) is 5.02 Å². The number of hydrogen-bond donors (Lipinski definition) is 1. The van der Waals surface area contributed by atoms with Crippen molar-refractivity contribution in [1.29, 1.82) is 0 Å². The van der Waals surface area contributed by atoms with E-state index in [1.807, 2.05) is 23.5 Å². The molecule has 1 atom stereocenters. The van der Waals surface area contributed by atoms with Crippen molar-refractivity contribution in [2.24, 2.45) is 0 Å². The van der Waals surface area contributed by atoms with E-state index < -0.39 is 0 Å². The molecule has 1 saturated heterocycles. The normalized spacial score (nSPS) is 18.1. The van der Waals surface area contributed by atoms with Gasteiger partial charge in [0.25, 0.3) is 0 Å². The molecule has 2 nitrogen and oxygen atoms in total. The summed E-state index contributed by atoms with van der Waals surface area (Å²) in [6.45, 7) is 4.20. The Hall–Kier alpha value is -0.390. The summed E-state index contributed by atoms with van der Waals surface area (Å²) in [5.41, 5.74) is 1.25. The average Bonchev–Trinajstić information content (AvgIpc) is 2.98. The number of halogens is 2. The Labute approximate surface area is 136 Å². The molecule has 2 heterocycles. The van der Waals surface area contributed by atoms with Crippen LogP contribution in [0.3, 0.4) is 0 Å². The van der Waals surface area contributed by atoms with Gasteiger partial charge in [0.2, 0.25) is 0 Å². The number of nitrogens with zero attached hydrogens (tertiary/aromatic N) is 1. The van der Waals surface area contributed by atoms with E-state index in [0.717, 1.165) is 35.7 Å². The summed E-state index contributed by atoms with van der Waals surface area (Å²) in [6.07, 6.45) is 0. The van der Waals surface area contributed by atoms with E-state index in [4.69, 9.17) is 11.6 Å². The summed E-state index contributed by atoms with van der Waals surface area (Å²) in [4.78, 5) is 3.90. The summed E-state index contributed by atoms with van der Waals surface area (Å²) in [7, 11) is 0. The minimum atomic E-state index is 0.283. The number of rotatable bonds is 3. The van der Waals surface area contributed by atoms with Crippen molar-refractivity contribution in [3.8, 4) is 0 Å². The quantitative estimate of drug-likeness (QED) is 0.871. The van der Waals surface area contributed by atoms with Gasteiger partial charge in [-0.05, 0) is 35.2 Å². The lowest BCUT2D eigenvalue weighted by Gasteiger charge is -2.35. The number of nitrogens with one attached hydrogen (secondary N) is 1. The topological polar surface area (TPSA) is 15.3 Å². The zero-order chi connectivity index (χ0) is 13.9. The Balaban J connectivity index is 2.02. The average molecular weight is 372 g/mol. The zero-order valence-corrected chi connectivity index (χ0v) is 14.1. The van der Waals surface area contributed by atoms with Gasteiger partial charge in [-0.2, -0.15) is 0 Å². The van der Waals surface area contributed by atoms with Crippen LogP contribution in [0, 0.1) is 0 Å². The molecule has 1 fully saturated rings. The van der Waals surface area contributed by atoms with Crippen LogP contribution in [0.25, 0.3) is 0 Å². The van der Waals surface area contributed by atoms with Crippen LogP contribution in [-0.2, 0) is 0 Å². The third kappa shape index (κ3) is 3.10. The summed E-state index contributed by atoms with van der Waals surface area (Å²) < 4.78 is 1.12. The van der Waals surface area contributed by atoms with Gasteiger partial charge in [0.05, 0.1) is 6.04 Å². The molecule has 0 saturated carbocycles. The predicted molar refractivity (Wildman–Crippen MR) is 89.8 cm³/mol. The maximum atomic E-state index is 6.21. The molecule has 20 heavy (non-hydrogen) atoms. The molecule has 1 aromatic carbocycles. The molecule has 0 spiro atoms. The fourth-order valence-electron chi connectivity index (χ4n) is 2.64. The molecule has 1 N–H and O–H groups in total. The second-order valence-electron chi connectivity index (χ2n) is 4.87. The van der Waals surface area contributed by atoms with Crippen molar-refractivity contribution >= 4 is 38.9 Å². The molecule has 0 amide bonds. The van der Waals surface area contributed by atoms with E-state index in [2.05, 4.69) is 49.7 Å². The van der Waals surface area contributed by atoms with Crippen molar-refractivity contribution < 1.29 is 0 Å².